The van der Waals surface area contributed by atoms with Gasteiger partial charge in [-0.25, -0.2) is 0 Å². The second-order valence-electron chi connectivity index (χ2n) is 3.01. The summed E-state index contributed by atoms with van der Waals surface area (Å²) < 4.78 is 0. The van der Waals surface area contributed by atoms with Gasteiger partial charge in [-0.15, -0.1) is 11.8 Å². The van der Waals surface area contributed by atoms with Crippen LogP contribution in [0.4, 0.5) is 0 Å². The zero-order valence-corrected chi connectivity index (χ0v) is 9.64. The normalized spacial score (nSPS) is 20.1. The zero-order chi connectivity index (χ0) is 7.61. The maximum absolute atomic E-state index is 4.08. The Kier molecular flexibility index (Phi) is 3.85. The number of aliphatic imine (C=N–C) groups is 2. The maximum atomic E-state index is 4.08. The smallest absolute Gasteiger partial charge is 0.0528 e. The molecule has 1 heterocycles. The van der Waals surface area contributed by atoms with Crippen molar-refractivity contribution in [1.29, 1.82) is 0 Å². The molecule has 0 spiro atoms. The topological polar surface area (TPSA) is 24.7 Å². The number of nitrogens with zero attached hydrogens (tertiary/aromatic N) is 2. The fraction of sp³-hybridized carbons (Fsp3) is 0.500. The Labute approximate surface area is 81.2 Å². The van der Waals surface area contributed by atoms with Gasteiger partial charge < -0.3 is 9.98 Å². The van der Waals surface area contributed by atoms with Gasteiger partial charge in [0.1, 0.15) is 0 Å². The fourth-order valence-corrected chi connectivity index (χ4v) is 0.915. The monoisotopic (exact) mass is 322 g/mol. The number of hydrogen-bond donors (Lipinski definition) is 0. The van der Waals surface area contributed by atoms with Crippen molar-refractivity contribution in [2.24, 2.45) is 9.98 Å². The molecular formula is C8H11N2Re-. The molecule has 0 saturated heterocycles. The van der Waals surface area contributed by atoms with E-state index in [0.29, 0.717) is 0 Å². The second kappa shape index (κ2) is 3.94. The quantitative estimate of drug-likeness (QED) is 0.607. The van der Waals surface area contributed by atoms with E-state index in [1.54, 1.807) is 6.21 Å². The number of hydrogen-bond acceptors (Lipinski definition) is 2. The first-order valence-corrected chi connectivity index (χ1v) is 3.30. The van der Waals surface area contributed by atoms with Gasteiger partial charge in [0, 0.05) is 20.4 Å². The summed E-state index contributed by atoms with van der Waals surface area (Å²) in [5, 5.41) is 0. The summed E-state index contributed by atoms with van der Waals surface area (Å²) in [5.41, 5.74) is 0.999. The van der Waals surface area contributed by atoms with Gasteiger partial charge in [0.2, 0.25) is 0 Å². The molecule has 1 aliphatic heterocycles. The van der Waals surface area contributed by atoms with Gasteiger partial charge in [0.15, 0.2) is 0 Å². The molecule has 61 valence electrons. The van der Waals surface area contributed by atoms with Gasteiger partial charge in [-0.2, -0.15) is 0 Å². The molecule has 0 fully saturated rings. The van der Waals surface area contributed by atoms with Crippen LogP contribution in [0.15, 0.2) is 21.6 Å². The summed E-state index contributed by atoms with van der Waals surface area (Å²) >= 11 is 0. The molecule has 1 rings (SSSR count). The van der Waals surface area contributed by atoms with Gasteiger partial charge in [0.25, 0.3) is 0 Å². The van der Waals surface area contributed by atoms with Crippen molar-refractivity contribution in [3.8, 4) is 0 Å². The third-order valence-electron chi connectivity index (χ3n) is 1.24. The Morgan fingerprint density at radius 2 is 2.09 bits per heavy atom. The van der Waals surface area contributed by atoms with Crippen LogP contribution in [0.5, 0.6) is 0 Å². The number of allylic oxidation sites excluding steroid dienone is 1. The van der Waals surface area contributed by atoms with Crippen molar-refractivity contribution in [3.05, 3.63) is 11.6 Å². The van der Waals surface area contributed by atoms with Crippen molar-refractivity contribution in [1.82, 2.24) is 0 Å². The van der Waals surface area contributed by atoms with Gasteiger partial charge in [-0.3, -0.25) is 0 Å². The summed E-state index contributed by atoms with van der Waals surface area (Å²) in [7, 11) is 0. The minimum absolute atomic E-state index is 0. The fourth-order valence-electron chi connectivity index (χ4n) is 0.915. The minimum Gasteiger partial charge on any atom is -0.439 e. The molecule has 0 aromatic carbocycles. The van der Waals surface area contributed by atoms with Crippen LogP contribution in [0.2, 0.25) is 0 Å². The van der Waals surface area contributed by atoms with E-state index in [1.165, 1.54) is 0 Å². The van der Waals surface area contributed by atoms with E-state index in [2.05, 4.69) is 22.4 Å². The molecule has 0 N–H and O–H groups in total. The maximum Gasteiger partial charge on any atom is 0.0528 e. The van der Waals surface area contributed by atoms with Crippen LogP contribution in [0.1, 0.15) is 20.8 Å². The third-order valence-corrected chi connectivity index (χ3v) is 1.24. The van der Waals surface area contributed by atoms with Crippen molar-refractivity contribution in [3.63, 3.8) is 0 Å². The third kappa shape index (κ3) is 3.60. The van der Waals surface area contributed by atoms with E-state index in [9.17, 15) is 0 Å². The van der Waals surface area contributed by atoms with Crippen molar-refractivity contribution in [2.45, 2.75) is 26.3 Å². The molecule has 0 aliphatic carbocycles. The first-order valence-electron chi connectivity index (χ1n) is 3.30. The summed E-state index contributed by atoms with van der Waals surface area (Å²) in [4.78, 5) is 7.92. The van der Waals surface area contributed by atoms with Crippen LogP contribution in [0.25, 0.3) is 0 Å². The van der Waals surface area contributed by atoms with Crippen LogP contribution in [0.3, 0.4) is 0 Å². The first-order chi connectivity index (χ1) is 4.60. The number of rotatable bonds is 0. The summed E-state index contributed by atoms with van der Waals surface area (Å²) in [5.74, 6) is 0. The van der Waals surface area contributed by atoms with Gasteiger partial charge >= 0.3 is 0 Å². The summed E-state index contributed by atoms with van der Waals surface area (Å²) in [6, 6.07) is 0. The standard InChI is InChI=1S/C8H11N2.Re/c1-7-4-8(2,3)10-6-9-5-7;/h4-5H,1-3H3;/q-1;. The first kappa shape index (κ1) is 10.7. The molecular weight excluding hydrogens is 310 g/mol. The van der Waals surface area contributed by atoms with E-state index >= 15 is 0 Å². The minimum atomic E-state index is -0.138. The molecule has 11 heavy (non-hydrogen) atoms. The zero-order valence-electron chi connectivity index (χ0n) is 6.93. The average molecular weight is 321 g/mol. The van der Waals surface area contributed by atoms with E-state index in [-0.39, 0.29) is 26.0 Å². The van der Waals surface area contributed by atoms with Crippen LogP contribution >= 0.6 is 0 Å². The Bertz CT molecular complexity index is 214. The molecule has 1 aliphatic rings. The second-order valence-corrected chi connectivity index (χ2v) is 3.01. The molecule has 0 saturated carbocycles. The SMILES string of the molecule is CC1=CC(C)(C)N=[C-]N=C1.[Re]. The van der Waals surface area contributed by atoms with Gasteiger partial charge in [-0.05, 0) is 13.8 Å². The molecule has 0 amide bonds. The molecule has 3 heteroatoms. The van der Waals surface area contributed by atoms with Gasteiger partial charge in [0.05, 0.1) is 5.54 Å². The van der Waals surface area contributed by atoms with Crippen LogP contribution in [-0.4, -0.2) is 18.1 Å². The molecule has 1 radical (unpaired) electrons. The molecule has 0 bridgehead atoms. The van der Waals surface area contributed by atoms with Crippen LogP contribution < -0.4 is 0 Å². The van der Waals surface area contributed by atoms with Crippen LogP contribution in [0, 0.1) is 0 Å². The van der Waals surface area contributed by atoms with Gasteiger partial charge in [-0.1, -0.05) is 19.3 Å². The Balaban J connectivity index is 0.000001000. The summed E-state index contributed by atoms with van der Waals surface area (Å²) in [6.45, 7) is 6.06. The molecule has 0 atom stereocenters. The average Bonchev–Trinajstić information content (AvgIpc) is 1.90. The van der Waals surface area contributed by atoms with E-state index in [0.717, 1.165) is 5.57 Å². The van der Waals surface area contributed by atoms with E-state index < -0.39 is 0 Å². The molecule has 2 nitrogen and oxygen atoms in total. The predicted molar refractivity (Wildman–Crippen MR) is 43.8 cm³/mol. The largest absolute Gasteiger partial charge is 0.439 e. The molecule has 0 aromatic rings. The van der Waals surface area contributed by atoms with E-state index in [4.69, 9.17) is 0 Å². The van der Waals surface area contributed by atoms with Crippen molar-refractivity contribution in [2.75, 3.05) is 0 Å². The Morgan fingerprint density at radius 1 is 1.45 bits per heavy atom. The van der Waals surface area contributed by atoms with Crippen molar-refractivity contribution < 1.29 is 20.4 Å². The summed E-state index contributed by atoms with van der Waals surface area (Å²) in [6.07, 6.45) is 6.44. The van der Waals surface area contributed by atoms with E-state index in [1.807, 2.05) is 20.8 Å². The van der Waals surface area contributed by atoms with Crippen LogP contribution in [-0.2, 0) is 20.4 Å². The Hall–Kier alpha value is -0.258. The predicted octanol–water partition coefficient (Wildman–Crippen LogP) is 1.70. The van der Waals surface area contributed by atoms with Crippen molar-refractivity contribution >= 4 is 12.6 Å². The molecule has 0 unspecified atom stereocenters. The molecule has 0 aromatic heterocycles. The Morgan fingerprint density at radius 3 is 2.73 bits per heavy atom.